The molecule has 1 heterocycles. The summed E-state index contributed by atoms with van der Waals surface area (Å²) in [6, 6.07) is 4.26. The minimum absolute atomic E-state index is 0.117. The van der Waals surface area contributed by atoms with Gasteiger partial charge in [-0.2, -0.15) is 0 Å². The summed E-state index contributed by atoms with van der Waals surface area (Å²) < 4.78 is 5.73. The highest BCUT2D eigenvalue weighted by molar-refractivity contribution is 14.1. The second-order valence-electron chi connectivity index (χ2n) is 5.22. The van der Waals surface area contributed by atoms with E-state index in [0.717, 1.165) is 11.1 Å². The SMILES string of the molecule is Cc1cc(C)c(C(C)C)cc1-c1noc(C(N)=O)c1I. The maximum Gasteiger partial charge on any atom is 0.288 e. The minimum atomic E-state index is -0.595. The minimum Gasteiger partial charge on any atom is -0.363 e. The van der Waals surface area contributed by atoms with E-state index in [1.165, 1.54) is 11.1 Å². The van der Waals surface area contributed by atoms with E-state index in [1.54, 1.807) is 0 Å². The molecular formula is C15H17IN2O2. The Morgan fingerprint density at radius 1 is 1.30 bits per heavy atom. The van der Waals surface area contributed by atoms with Crippen molar-refractivity contribution < 1.29 is 9.32 Å². The molecule has 0 spiro atoms. The Hall–Kier alpha value is -1.37. The first kappa shape index (κ1) is 15.0. The fraction of sp³-hybridized carbons (Fsp3) is 0.333. The van der Waals surface area contributed by atoms with Crippen molar-refractivity contribution in [2.24, 2.45) is 5.73 Å². The van der Waals surface area contributed by atoms with Gasteiger partial charge in [0, 0.05) is 5.56 Å². The Labute approximate surface area is 131 Å². The molecule has 2 rings (SSSR count). The number of rotatable bonds is 3. The fourth-order valence-electron chi connectivity index (χ4n) is 2.35. The molecule has 20 heavy (non-hydrogen) atoms. The van der Waals surface area contributed by atoms with Gasteiger partial charge in [-0.05, 0) is 65.1 Å². The van der Waals surface area contributed by atoms with Crippen molar-refractivity contribution in [3.63, 3.8) is 0 Å². The monoisotopic (exact) mass is 384 g/mol. The number of carbonyl (C=O) groups is 1. The van der Waals surface area contributed by atoms with Crippen LogP contribution in [0.25, 0.3) is 11.3 Å². The van der Waals surface area contributed by atoms with Crippen molar-refractivity contribution >= 4 is 28.5 Å². The molecule has 1 amide bonds. The van der Waals surface area contributed by atoms with Crippen molar-refractivity contribution in [2.45, 2.75) is 33.6 Å². The fourth-order valence-corrected chi connectivity index (χ4v) is 3.10. The van der Waals surface area contributed by atoms with Crippen LogP contribution in [-0.4, -0.2) is 11.1 Å². The van der Waals surface area contributed by atoms with Gasteiger partial charge in [-0.3, -0.25) is 4.79 Å². The number of amides is 1. The molecule has 0 aliphatic carbocycles. The lowest BCUT2D eigenvalue weighted by molar-refractivity contribution is 0.0964. The summed E-state index contributed by atoms with van der Waals surface area (Å²) in [5.41, 5.74) is 10.6. The van der Waals surface area contributed by atoms with Gasteiger partial charge >= 0.3 is 0 Å². The lowest BCUT2D eigenvalue weighted by Gasteiger charge is -2.13. The second kappa shape index (κ2) is 5.55. The largest absolute Gasteiger partial charge is 0.363 e. The third-order valence-electron chi connectivity index (χ3n) is 3.35. The van der Waals surface area contributed by atoms with Gasteiger partial charge in [0.15, 0.2) is 0 Å². The van der Waals surface area contributed by atoms with Gasteiger partial charge in [-0.15, -0.1) is 0 Å². The van der Waals surface area contributed by atoms with E-state index in [4.69, 9.17) is 10.3 Å². The lowest BCUT2D eigenvalue weighted by Crippen LogP contribution is -2.11. The highest BCUT2D eigenvalue weighted by Gasteiger charge is 2.21. The maximum absolute atomic E-state index is 11.3. The summed E-state index contributed by atoms with van der Waals surface area (Å²) >= 11 is 2.05. The highest BCUT2D eigenvalue weighted by Crippen LogP contribution is 2.33. The van der Waals surface area contributed by atoms with Crippen LogP contribution in [0.1, 0.15) is 47.0 Å². The van der Waals surface area contributed by atoms with Crippen LogP contribution in [0, 0.1) is 17.4 Å². The van der Waals surface area contributed by atoms with Crippen LogP contribution in [0.2, 0.25) is 0 Å². The first-order chi connectivity index (χ1) is 9.32. The van der Waals surface area contributed by atoms with Gasteiger partial charge in [-0.1, -0.05) is 25.1 Å². The number of benzene rings is 1. The molecule has 2 N–H and O–H groups in total. The van der Waals surface area contributed by atoms with Crippen LogP contribution in [0.5, 0.6) is 0 Å². The number of aryl methyl sites for hydroxylation is 2. The second-order valence-corrected chi connectivity index (χ2v) is 6.30. The Morgan fingerprint density at radius 2 is 1.95 bits per heavy atom. The van der Waals surface area contributed by atoms with Gasteiger partial charge in [0.25, 0.3) is 5.91 Å². The van der Waals surface area contributed by atoms with E-state index < -0.39 is 5.91 Å². The molecule has 106 valence electrons. The van der Waals surface area contributed by atoms with Gasteiger partial charge in [0.1, 0.15) is 5.69 Å². The summed E-state index contributed by atoms with van der Waals surface area (Å²) in [4.78, 5) is 11.3. The van der Waals surface area contributed by atoms with E-state index >= 15 is 0 Å². The molecule has 0 radical (unpaired) electrons. The molecule has 2 aromatic rings. The van der Waals surface area contributed by atoms with Crippen LogP contribution >= 0.6 is 22.6 Å². The Balaban J connectivity index is 2.64. The number of hydrogen-bond donors (Lipinski definition) is 1. The number of aromatic nitrogens is 1. The van der Waals surface area contributed by atoms with Gasteiger partial charge in [-0.25, -0.2) is 0 Å². The van der Waals surface area contributed by atoms with Crippen LogP contribution in [-0.2, 0) is 0 Å². The molecule has 1 aromatic heterocycles. The molecule has 1 aromatic carbocycles. The summed E-state index contributed by atoms with van der Waals surface area (Å²) in [5.74, 6) is -0.0526. The Kier molecular flexibility index (Phi) is 4.17. The van der Waals surface area contributed by atoms with Crippen molar-refractivity contribution in [3.8, 4) is 11.3 Å². The van der Waals surface area contributed by atoms with Crippen LogP contribution in [0.4, 0.5) is 0 Å². The molecule has 0 fully saturated rings. The average Bonchev–Trinajstić information content (AvgIpc) is 2.71. The maximum atomic E-state index is 11.3. The van der Waals surface area contributed by atoms with Crippen LogP contribution in [0.15, 0.2) is 16.7 Å². The van der Waals surface area contributed by atoms with Gasteiger partial charge in [0.05, 0.1) is 3.57 Å². The number of hydrogen-bond acceptors (Lipinski definition) is 3. The number of nitrogens with zero attached hydrogens (tertiary/aromatic N) is 1. The van der Waals surface area contributed by atoms with E-state index in [1.807, 2.05) is 6.92 Å². The van der Waals surface area contributed by atoms with Crippen molar-refractivity contribution in [1.29, 1.82) is 0 Å². The lowest BCUT2D eigenvalue weighted by atomic mass is 9.92. The van der Waals surface area contributed by atoms with Crippen LogP contribution < -0.4 is 5.73 Å². The predicted octanol–water partition coefficient (Wildman–Crippen LogP) is 3.79. The summed E-state index contributed by atoms with van der Waals surface area (Å²) in [7, 11) is 0. The quantitative estimate of drug-likeness (QED) is 0.819. The Bertz CT molecular complexity index is 675. The van der Waals surface area contributed by atoms with Gasteiger partial charge < -0.3 is 10.3 Å². The zero-order valence-corrected chi connectivity index (χ0v) is 14.1. The topological polar surface area (TPSA) is 69.1 Å². The Morgan fingerprint density at radius 3 is 2.45 bits per heavy atom. The molecule has 0 bridgehead atoms. The molecular weight excluding hydrogens is 367 g/mol. The normalized spacial score (nSPS) is 11.1. The number of halogens is 1. The molecule has 4 nitrogen and oxygen atoms in total. The van der Waals surface area contributed by atoms with Crippen LogP contribution in [0.3, 0.4) is 0 Å². The zero-order chi connectivity index (χ0) is 15.0. The summed E-state index contributed by atoms with van der Waals surface area (Å²) in [6.45, 7) is 8.45. The number of carbonyl (C=O) groups excluding carboxylic acids is 1. The third-order valence-corrected chi connectivity index (χ3v) is 4.35. The van der Waals surface area contributed by atoms with E-state index in [0.29, 0.717) is 15.2 Å². The highest BCUT2D eigenvalue weighted by atomic mass is 127. The average molecular weight is 384 g/mol. The standard InChI is InChI=1S/C15H17IN2O2/c1-7(2)10-6-11(9(4)5-8(10)3)13-12(16)14(15(17)19)20-18-13/h5-7H,1-4H3,(H2,17,19). The van der Waals surface area contributed by atoms with E-state index in [-0.39, 0.29) is 5.76 Å². The van der Waals surface area contributed by atoms with E-state index in [9.17, 15) is 4.79 Å². The van der Waals surface area contributed by atoms with Crippen molar-refractivity contribution in [2.75, 3.05) is 0 Å². The molecule has 0 aliphatic heterocycles. The smallest absolute Gasteiger partial charge is 0.288 e. The summed E-state index contributed by atoms with van der Waals surface area (Å²) in [5, 5.41) is 4.01. The molecule has 0 aliphatic rings. The summed E-state index contributed by atoms with van der Waals surface area (Å²) in [6.07, 6.45) is 0. The molecule has 5 heteroatoms. The molecule has 0 saturated carbocycles. The van der Waals surface area contributed by atoms with Crippen molar-refractivity contribution in [3.05, 3.63) is 38.2 Å². The first-order valence-corrected chi connectivity index (χ1v) is 7.47. The number of primary amides is 1. The molecule has 0 unspecified atom stereocenters. The number of nitrogens with two attached hydrogens (primary N) is 1. The first-order valence-electron chi connectivity index (χ1n) is 6.39. The predicted molar refractivity (Wildman–Crippen MR) is 86.7 cm³/mol. The molecule has 0 saturated heterocycles. The third kappa shape index (κ3) is 2.59. The van der Waals surface area contributed by atoms with E-state index in [2.05, 4.69) is 60.7 Å². The van der Waals surface area contributed by atoms with Crippen molar-refractivity contribution in [1.82, 2.24) is 5.16 Å². The molecule has 0 atom stereocenters. The van der Waals surface area contributed by atoms with Gasteiger partial charge in [0.2, 0.25) is 5.76 Å². The zero-order valence-electron chi connectivity index (χ0n) is 12.0.